The molecule has 0 spiro atoms. The SMILES string of the molecule is CCOC(=O)CCN(C)C(=O)c1ccc(S(=O)(=O)NC)nc1. The molecule has 0 saturated carbocycles. The van der Waals surface area contributed by atoms with E-state index < -0.39 is 10.0 Å². The van der Waals surface area contributed by atoms with E-state index in [4.69, 9.17) is 4.74 Å². The molecule has 0 aliphatic heterocycles. The van der Waals surface area contributed by atoms with Crippen LogP contribution in [0.4, 0.5) is 0 Å². The number of carbonyl (C=O) groups is 2. The van der Waals surface area contributed by atoms with E-state index in [1.54, 1.807) is 14.0 Å². The van der Waals surface area contributed by atoms with Crippen LogP contribution in [-0.4, -0.2) is 57.4 Å². The van der Waals surface area contributed by atoms with Crippen molar-refractivity contribution in [2.75, 3.05) is 27.2 Å². The molecule has 0 saturated heterocycles. The number of hydrogen-bond donors (Lipinski definition) is 1. The van der Waals surface area contributed by atoms with Crippen molar-refractivity contribution in [3.63, 3.8) is 0 Å². The predicted molar refractivity (Wildman–Crippen MR) is 78.7 cm³/mol. The average molecular weight is 329 g/mol. The van der Waals surface area contributed by atoms with Gasteiger partial charge in [0.15, 0.2) is 5.03 Å². The van der Waals surface area contributed by atoms with Crippen molar-refractivity contribution in [1.82, 2.24) is 14.6 Å². The zero-order valence-corrected chi connectivity index (χ0v) is 13.5. The van der Waals surface area contributed by atoms with Gasteiger partial charge in [0.2, 0.25) is 0 Å². The lowest BCUT2D eigenvalue weighted by molar-refractivity contribution is -0.143. The van der Waals surface area contributed by atoms with E-state index in [1.807, 2.05) is 0 Å². The van der Waals surface area contributed by atoms with E-state index in [-0.39, 0.29) is 35.4 Å². The summed E-state index contributed by atoms with van der Waals surface area (Å²) in [5, 5.41) is -0.166. The van der Waals surface area contributed by atoms with Crippen molar-refractivity contribution >= 4 is 21.9 Å². The minimum absolute atomic E-state index is 0.0930. The van der Waals surface area contributed by atoms with Crippen LogP contribution >= 0.6 is 0 Å². The molecule has 0 bridgehead atoms. The molecule has 122 valence electrons. The first-order chi connectivity index (χ1) is 10.3. The lowest BCUT2D eigenvalue weighted by Crippen LogP contribution is -2.29. The summed E-state index contributed by atoms with van der Waals surface area (Å²) in [5.74, 6) is -0.735. The average Bonchev–Trinajstić information content (AvgIpc) is 2.52. The largest absolute Gasteiger partial charge is 0.466 e. The maximum Gasteiger partial charge on any atom is 0.307 e. The molecule has 22 heavy (non-hydrogen) atoms. The number of carbonyl (C=O) groups excluding carboxylic acids is 2. The predicted octanol–water partition coefficient (Wildman–Crippen LogP) is 0.0149. The van der Waals surface area contributed by atoms with E-state index in [1.165, 1.54) is 30.3 Å². The van der Waals surface area contributed by atoms with Crippen LogP contribution in [0.1, 0.15) is 23.7 Å². The molecular weight excluding hydrogens is 310 g/mol. The quantitative estimate of drug-likeness (QED) is 0.707. The van der Waals surface area contributed by atoms with Gasteiger partial charge < -0.3 is 9.64 Å². The van der Waals surface area contributed by atoms with Crippen LogP contribution in [0.2, 0.25) is 0 Å². The summed E-state index contributed by atoms with van der Waals surface area (Å²) in [4.78, 5) is 28.5. The molecule has 8 nitrogen and oxygen atoms in total. The van der Waals surface area contributed by atoms with Gasteiger partial charge in [0.25, 0.3) is 15.9 Å². The number of amides is 1. The smallest absolute Gasteiger partial charge is 0.307 e. The van der Waals surface area contributed by atoms with Crippen LogP contribution in [0.3, 0.4) is 0 Å². The van der Waals surface area contributed by atoms with Gasteiger partial charge in [-0.1, -0.05) is 0 Å². The summed E-state index contributed by atoms with van der Waals surface area (Å²) in [6, 6.07) is 2.62. The minimum Gasteiger partial charge on any atom is -0.466 e. The second kappa shape index (κ2) is 7.85. The van der Waals surface area contributed by atoms with Gasteiger partial charge >= 0.3 is 5.97 Å². The van der Waals surface area contributed by atoms with Crippen LogP contribution in [0, 0.1) is 0 Å². The second-order valence-corrected chi connectivity index (χ2v) is 6.21. The standard InChI is InChI=1S/C13H19N3O5S/c1-4-21-12(17)7-8-16(3)13(18)10-5-6-11(15-9-10)22(19,20)14-2/h5-6,9,14H,4,7-8H2,1-3H3. The van der Waals surface area contributed by atoms with Crippen molar-refractivity contribution in [3.8, 4) is 0 Å². The third kappa shape index (κ3) is 4.78. The molecule has 1 aromatic heterocycles. The van der Waals surface area contributed by atoms with E-state index in [2.05, 4.69) is 9.71 Å². The van der Waals surface area contributed by atoms with Crippen LogP contribution in [0.25, 0.3) is 0 Å². The molecule has 1 aromatic rings. The summed E-state index contributed by atoms with van der Waals surface area (Å²) in [6.45, 7) is 2.20. The van der Waals surface area contributed by atoms with E-state index in [0.29, 0.717) is 6.61 Å². The highest BCUT2D eigenvalue weighted by molar-refractivity contribution is 7.89. The third-order valence-electron chi connectivity index (χ3n) is 2.83. The zero-order valence-electron chi connectivity index (χ0n) is 12.7. The fourth-order valence-corrected chi connectivity index (χ4v) is 2.23. The van der Waals surface area contributed by atoms with Crippen molar-refractivity contribution < 1.29 is 22.7 Å². The van der Waals surface area contributed by atoms with Crippen LogP contribution in [-0.2, 0) is 19.6 Å². The topological polar surface area (TPSA) is 106 Å². The highest BCUT2D eigenvalue weighted by Crippen LogP contribution is 2.08. The number of aromatic nitrogens is 1. The van der Waals surface area contributed by atoms with Gasteiger partial charge in [0, 0.05) is 19.8 Å². The Kier molecular flexibility index (Phi) is 6.44. The molecule has 0 radical (unpaired) electrons. The van der Waals surface area contributed by atoms with Gasteiger partial charge in [-0.3, -0.25) is 9.59 Å². The Morgan fingerprint density at radius 3 is 2.55 bits per heavy atom. The lowest BCUT2D eigenvalue weighted by atomic mass is 10.2. The highest BCUT2D eigenvalue weighted by atomic mass is 32.2. The number of ether oxygens (including phenoxy) is 1. The van der Waals surface area contributed by atoms with Crippen LogP contribution in [0.5, 0.6) is 0 Å². The van der Waals surface area contributed by atoms with E-state index >= 15 is 0 Å². The molecule has 1 amide bonds. The van der Waals surface area contributed by atoms with Gasteiger partial charge in [-0.05, 0) is 26.1 Å². The number of nitrogens with one attached hydrogen (secondary N) is 1. The molecule has 0 aromatic carbocycles. The zero-order chi connectivity index (χ0) is 16.8. The van der Waals surface area contributed by atoms with Gasteiger partial charge in [-0.2, -0.15) is 0 Å². The fourth-order valence-electron chi connectivity index (χ4n) is 1.58. The first-order valence-electron chi connectivity index (χ1n) is 6.62. The van der Waals surface area contributed by atoms with Gasteiger partial charge in [-0.15, -0.1) is 0 Å². The summed E-state index contributed by atoms with van der Waals surface area (Å²) < 4.78 is 30.0. The second-order valence-electron chi connectivity index (χ2n) is 4.37. The minimum atomic E-state index is -3.64. The number of pyridine rings is 1. The Labute approximate surface area is 129 Å². The van der Waals surface area contributed by atoms with E-state index in [0.717, 1.165) is 0 Å². The maximum atomic E-state index is 12.1. The summed E-state index contributed by atoms with van der Waals surface area (Å²) >= 11 is 0. The lowest BCUT2D eigenvalue weighted by Gasteiger charge is -2.16. The number of hydrogen-bond acceptors (Lipinski definition) is 6. The third-order valence-corrected chi connectivity index (χ3v) is 4.16. The maximum absolute atomic E-state index is 12.1. The summed E-state index contributed by atoms with van der Waals surface area (Å²) in [6.07, 6.45) is 1.28. The van der Waals surface area contributed by atoms with Crippen molar-refractivity contribution in [3.05, 3.63) is 23.9 Å². The van der Waals surface area contributed by atoms with Crippen molar-refractivity contribution in [2.45, 2.75) is 18.4 Å². The Bertz CT molecular complexity index is 628. The van der Waals surface area contributed by atoms with Gasteiger partial charge in [-0.25, -0.2) is 18.1 Å². The summed E-state index contributed by atoms with van der Waals surface area (Å²) in [7, 11) is -0.817. The number of esters is 1. The molecule has 1 heterocycles. The molecule has 9 heteroatoms. The summed E-state index contributed by atoms with van der Waals surface area (Å²) in [5.41, 5.74) is 0.237. The Hall–Kier alpha value is -2.00. The molecular formula is C13H19N3O5S. The normalized spacial score (nSPS) is 11.0. The van der Waals surface area contributed by atoms with E-state index in [9.17, 15) is 18.0 Å². The monoisotopic (exact) mass is 329 g/mol. The van der Waals surface area contributed by atoms with Gasteiger partial charge in [0.05, 0.1) is 18.6 Å². The first-order valence-corrected chi connectivity index (χ1v) is 8.10. The Morgan fingerprint density at radius 1 is 1.36 bits per heavy atom. The number of sulfonamides is 1. The van der Waals surface area contributed by atoms with Crippen LogP contribution in [0.15, 0.2) is 23.4 Å². The van der Waals surface area contributed by atoms with Crippen LogP contribution < -0.4 is 4.72 Å². The van der Waals surface area contributed by atoms with Crippen molar-refractivity contribution in [1.29, 1.82) is 0 Å². The molecule has 0 aliphatic rings. The Morgan fingerprint density at radius 2 is 2.05 bits per heavy atom. The molecule has 0 unspecified atom stereocenters. The molecule has 1 rings (SSSR count). The highest BCUT2D eigenvalue weighted by Gasteiger charge is 2.17. The number of rotatable bonds is 7. The Balaban J connectivity index is 2.71. The van der Waals surface area contributed by atoms with Crippen molar-refractivity contribution in [2.24, 2.45) is 0 Å². The first kappa shape index (κ1) is 18.1. The van der Waals surface area contributed by atoms with Gasteiger partial charge in [0.1, 0.15) is 0 Å². The molecule has 0 atom stereocenters. The fraction of sp³-hybridized carbons (Fsp3) is 0.462. The number of nitrogens with zero attached hydrogens (tertiary/aromatic N) is 2. The molecule has 0 aliphatic carbocycles. The molecule has 0 fully saturated rings. The molecule has 1 N–H and O–H groups in total.